The second kappa shape index (κ2) is 8.20. The Labute approximate surface area is 151 Å². The first-order valence-electron chi connectivity index (χ1n) is 8.44. The standard InChI is InChI=1S/C20H21N3O3/c1-14-5-4-6-16(11-14)26-13-20(25)23-22-19(24)10-9-15-12-21-18-8-3-2-7-17(15)18/h2-8,11-12,21H,9-10,13H2,1H3,(H,22,24)(H,23,25). The summed E-state index contributed by atoms with van der Waals surface area (Å²) in [5.41, 5.74) is 7.94. The fraction of sp³-hybridized carbons (Fsp3) is 0.200. The second-order valence-corrected chi connectivity index (χ2v) is 6.06. The molecule has 0 unspecified atom stereocenters. The maximum absolute atomic E-state index is 11.9. The van der Waals surface area contributed by atoms with Gasteiger partial charge in [0, 0.05) is 23.5 Å². The molecule has 26 heavy (non-hydrogen) atoms. The molecule has 0 radical (unpaired) electrons. The number of aromatic amines is 1. The molecular weight excluding hydrogens is 330 g/mol. The lowest BCUT2D eigenvalue weighted by atomic mass is 10.1. The van der Waals surface area contributed by atoms with Crippen LogP contribution in [-0.4, -0.2) is 23.4 Å². The average molecular weight is 351 g/mol. The number of hydrogen-bond acceptors (Lipinski definition) is 3. The molecule has 0 bridgehead atoms. The number of hydrazine groups is 1. The number of fused-ring (bicyclic) bond motifs is 1. The van der Waals surface area contributed by atoms with Crippen molar-refractivity contribution in [2.75, 3.05) is 6.61 Å². The molecule has 0 aliphatic heterocycles. The molecule has 134 valence electrons. The van der Waals surface area contributed by atoms with Gasteiger partial charge in [-0.1, -0.05) is 30.3 Å². The molecular formula is C20H21N3O3. The summed E-state index contributed by atoms with van der Waals surface area (Å²) in [5.74, 6) is -0.0445. The summed E-state index contributed by atoms with van der Waals surface area (Å²) in [5, 5.41) is 1.11. The quantitative estimate of drug-likeness (QED) is 0.597. The van der Waals surface area contributed by atoms with Gasteiger partial charge < -0.3 is 9.72 Å². The number of benzene rings is 2. The van der Waals surface area contributed by atoms with Crippen LogP contribution < -0.4 is 15.6 Å². The first kappa shape index (κ1) is 17.5. The number of nitrogens with one attached hydrogen (secondary N) is 3. The van der Waals surface area contributed by atoms with Crippen molar-refractivity contribution in [1.82, 2.24) is 15.8 Å². The molecule has 0 fully saturated rings. The lowest BCUT2D eigenvalue weighted by Crippen LogP contribution is -2.43. The SMILES string of the molecule is Cc1cccc(OCC(=O)NNC(=O)CCc2c[nH]c3ccccc23)c1. The Hall–Kier alpha value is -3.28. The highest BCUT2D eigenvalue weighted by atomic mass is 16.5. The Morgan fingerprint density at radius 1 is 1.04 bits per heavy atom. The molecule has 0 saturated heterocycles. The van der Waals surface area contributed by atoms with Crippen LogP contribution in [-0.2, 0) is 16.0 Å². The molecule has 3 rings (SSSR count). The molecule has 2 aromatic carbocycles. The van der Waals surface area contributed by atoms with Gasteiger partial charge in [0.2, 0.25) is 5.91 Å². The Bertz CT molecular complexity index is 917. The van der Waals surface area contributed by atoms with Crippen LogP contribution in [0, 0.1) is 6.92 Å². The van der Waals surface area contributed by atoms with E-state index >= 15 is 0 Å². The summed E-state index contributed by atoms with van der Waals surface area (Å²) in [6.45, 7) is 1.78. The van der Waals surface area contributed by atoms with Crippen LogP contribution in [0.4, 0.5) is 0 Å². The van der Waals surface area contributed by atoms with Crippen LogP contribution in [0.25, 0.3) is 10.9 Å². The molecule has 0 saturated carbocycles. The van der Waals surface area contributed by atoms with Crippen LogP contribution in [0.2, 0.25) is 0 Å². The summed E-state index contributed by atoms with van der Waals surface area (Å²) >= 11 is 0. The van der Waals surface area contributed by atoms with E-state index in [0.29, 0.717) is 12.2 Å². The number of aryl methyl sites for hydroxylation is 2. The van der Waals surface area contributed by atoms with Crippen LogP contribution in [0.1, 0.15) is 17.5 Å². The predicted molar refractivity (Wildman–Crippen MR) is 99.6 cm³/mol. The normalized spacial score (nSPS) is 10.5. The fourth-order valence-corrected chi connectivity index (χ4v) is 2.68. The van der Waals surface area contributed by atoms with Gasteiger partial charge in [-0.3, -0.25) is 20.4 Å². The largest absolute Gasteiger partial charge is 0.484 e. The minimum absolute atomic E-state index is 0.161. The Balaban J connectivity index is 1.40. The molecule has 3 aromatic rings. The second-order valence-electron chi connectivity index (χ2n) is 6.06. The van der Waals surface area contributed by atoms with E-state index in [-0.39, 0.29) is 18.9 Å². The van der Waals surface area contributed by atoms with Crippen LogP contribution in [0.15, 0.2) is 54.7 Å². The molecule has 1 aromatic heterocycles. The molecule has 6 nitrogen and oxygen atoms in total. The first-order valence-corrected chi connectivity index (χ1v) is 8.44. The van der Waals surface area contributed by atoms with Crippen LogP contribution >= 0.6 is 0 Å². The Morgan fingerprint density at radius 3 is 2.69 bits per heavy atom. The molecule has 6 heteroatoms. The smallest absolute Gasteiger partial charge is 0.276 e. The maximum Gasteiger partial charge on any atom is 0.276 e. The zero-order valence-corrected chi connectivity index (χ0v) is 14.5. The average Bonchev–Trinajstić information content (AvgIpc) is 3.06. The highest BCUT2D eigenvalue weighted by Gasteiger charge is 2.08. The summed E-state index contributed by atoms with van der Waals surface area (Å²) in [6.07, 6.45) is 2.78. The summed E-state index contributed by atoms with van der Waals surface area (Å²) < 4.78 is 5.38. The third-order valence-electron chi connectivity index (χ3n) is 4.00. The number of hydrogen-bond donors (Lipinski definition) is 3. The number of amides is 2. The molecule has 1 heterocycles. The van der Waals surface area contributed by atoms with E-state index in [1.807, 2.05) is 55.6 Å². The molecule has 3 N–H and O–H groups in total. The van der Waals surface area contributed by atoms with Crippen molar-refractivity contribution in [1.29, 1.82) is 0 Å². The number of H-pyrrole nitrogens is 1. The van der Waals surface area contributed by atoms with Crippen molar-refractivity contribution in [3.8, 4) is 5.75 Å². The van der Waals surface area contributed by atoms with Gasteiger partial charge in [-0.25, -0.2) is 0 Å². The summed E-state index contributed by atoms with van der Waals surface area (Å²) in [4.78, 5) is 26.9. The van der Waals surface area contributed by atoms with E-state index in [1.165, 1.54) is 0 Å². The van der Waals surface area contributed by atoms with Gasteiger partial charge in [0.15, 0.2) is 6.61 Å². The van der Waals surface area contributed by atoms with Gasteiger partial charge in [-0.15, -0.1) is 0 Å². The molecule has 0 atom stereocenters. The number of carbonyl (C=O) groups is 2. The van der Waals surface area contributed by atoms with E-state index < -0.39 is 5.91 Å². The van der Waals surface area contributed by atoms with E-state index in [9.17, 15) is 9.59 Å². The van der Waals surface area contributed by atoms with Crippen molar-refractivity contribution in [3.05, 3.63) is 65.9 Å². The predicted octanol–water partition coefficient (Wildman–Crippen LogP) is 2.64. The van der Waals surface area contributed by atoms with E-state index in [0.717, 1.165) is 22.0 Å². The number of carbonyl (C=O) groups excluding carboxylic acids is 2. The minimum atomic E-state index is -0.410. The van der Waals surface area contributed by atoms with E-state index in [2.05, 4.69) is 15.8 Å². The topological polar surface area (TPSA) is 83.2 Å². The van der Waals surface area contributed by atoms with Gasteiger partial charge in [-0.2, -0.15) is 0 Å². The first-order chi connectivity index (χ1) is 12.6. The van der Waals surface area contributed by atoms with Gasteiger partial charge in [0.05, 0.1) is 0 Å². The van der Waals surface area contributed by atoms with Crippen LogP contribution in [0.3, 0.4) is 0 Å². The fourth-order valence-electron chi connectivity index (χ4n) is 2.68. The summed E-state index contributed by atoms with van der Waals surface area (Å²) in [6, 6.07) is 15.4. The van der Waals surface area contributed by atoms with Gasteiger partial charge in [0.25, 0.3) is 5.91 Å². The van der Waals surface area contributed by atoms with Crippen molar-refractivity contribution >= 4 is 22.7 Å². The lowest BCUT2D eigenvalue weighted by Gasteiger charge is -2.09. The van der Waals surface area contributed by atoms with E-state index in [4.69, 9.17) is 4.74 Å². The minimum Gasteiger partial charge on any atom is -0.484 e. The van der Waals surface area contributed by atoms with Crippen molar-refractivity contribution in [2.24, 2.45) is 0 Å². The monoisotopic (exact) mass is 351 g/mol. The molecule has 0 aliphatic rings. The van der Waals surface area contributed by atoms with E-state index in [1.54, 1.807) is 6.07 Å². The van der Waals surface area contributed by atoms with Crippen molar-refractivity contribution < 1.29 is 14.3 Å². The number of rotatable bonds is 6. The highest BCUT2D eigenvalue weighted by Crippen LogP contribution is 2.18. The lowest BCUT2D eigenvalue weighted by molar-refractivity contribution is -0.130. The highest BCUT2D eigenvalue weighted by molar-refractivity contribution is 5.85. The van der Waals surface area contributed by atoms with Crippen molar-refractivity contribution in [2.45, 2.75) is 19.8 Å². The molecule has 0 aliphatic carbocycles. The number of para-hydroxylation sites is 1. The number of ether oxygens (including phenoxy) is 1. The Morgan fingerprint density at radius 2 is 1.85 bits per heavy atom. The Kier molecular flexibility index (Phi) is 5.53. The van der Waals surface area contributed by atoms with Crippen LogP contribution in [0.5, 0.6) is 5.75 Å². The molecule has 2 amide bonds. The third-order valence-corrected chi connectivity index (χ3v) is 4.00. The van der Waals surface area contributed by atoms with Gasteiger partial charge >= 0.3 is 0 Å². The zero-order valence-electron chi connectivity index (χ0n) is 14.5. The molecule has 0 spiro atoms. The maximum atomic E-state index is 11.9. The third kappa shape index (κ3) is 4.63. The van der Waals surface area contributed by atoms with Gasteiger partial charge in [-0.05, 0) is 42.7 Å². The number of aromatic nitrogens is 1. The zero-order chi connectivity index (χ0) is 18.4. The van der Waals surface area contributed by atoms with Gasteiger partial charge in [0.1, 0.15) is 5.75 Å². The van der Waals surface area contributed by atoms with Crippen molar-refractivity contribution in [3.63, 3.8) is 0 Å². The summed E-state index contributed by atoms with van der Waals surface area (Å²) in [7, 11) is 0.